The predicted octanol–water partition coefficient (Wildman–Crippen LogP) is 1.67. The number of likely N-dealkylation sites (N-methyl/N-ethyl adjacent to an activating group) is 1. The van der Waals surface area contributed by atoms with Crippen molar-refractivity contribution in [3.63, 3.8) is 0 Å². The second kappa shape index (κ2) is 5.67. The molecule has 20 heavy (non-hydrogen) atoms. The summed E-state index contributed by atoms with van der Waals surface area (Å²) in [6, 6.07) is 8.14. The van der Waals surface area contributed by atoms with Gasteiger partial charge in [0, 0.05) is 24.7 Å². The van der Waals surface area contributed by atoms with Gasteiger partial charge in [0.1, 0.15) is 12.4 Å². The number of fused-ring (bicyclic) bond motifs is 1. The number of ether oxygens (including phenoxy) is 1. The Balaban J connectivity index is 1.80. The lowest BCUT2D eigenvalue weighted by molar-refractivity contribution is -0.128. The standard InChI is InChI=1S/C16H20N2O2/c1-17-10-14-6-4-8-18(14)16(19)13-9-12-5-2-3-7-15(12)20-11-13/h2-3,5,7,9,14,17H,4,6,8,10-11H2,1H3. The molecule has 1 saturated heterocycles. The average Bonchev–Trinajstić information content (AvgIpc) is 2.94. The van der Waals surface area contributed by atoms with E-state index in [-0.39, 0.29) is 5.91 Å². The largest absolute Gasteiger partial charge is 0.488 e. The maximum Gasteiger partial charge on any atom is 0.253 e. The van der Waals surface area contributed by atoms with Gasteiger partial charge in [0.2, 0.25) is 0 Å². The zero-order valence-corrected chi connectivity index (χ0v) is 11.8. The van der Waals surface area contributed by atoms with Crippen molar-refractivity contribution in [2.75, 3.05) is 26.7 Å². The van der Waals surface area contributed by atoms with Crippen LogP contribution in [0.1, 0.15) is 18.4 Å². The molecule has 0 radical (unpaired) electrons. The van der Waals surface area contributed by atoms with Crippen molar-refractivity contribution in [3.8, 4) is 5.75 Å². The van der Waals surface area contributed by atoms with E-state index in [1.807, 2.05) is 42.3 Å². The van der Waals surface area contributed by atoms with E-state index in [4.69, 9.17) is 4.74 Å². The Kier molecular flexibility index (Phi) is 3.74. The van der Waals surface area contributed by atoms with E-state index in [1.165, 1.54) is 0 Å². The van der Waals surface area contributed by atoms with Gasteiger partial charge in [-0.25, -0.2) is 0 Å². The molecule has 2 aliphatic heterocycles. The fraction of sp³-hybridized carbons (Fsp3) is 0.438. The third-order valence-corrected chi connectivity index (χ3v) is 3.98. The van der Waals surface area contributed by atoms with Crippen LogP contribution in [0.4, 0.5) is 0 Å². The molecule has 0 spiro atoms. The van der Waals surface area contributed by atoms with Crippen LogP contribution in [0.3, 0.4) is 0 Å². The number of likely N-dealkylation sites (tertiary alicyclic amines) is 1. The van der Waals surface area contributed by atoms with Gasteiger partial charge in [-0.3, -0.25) is 4.79 Å². The molecule has 2 heterocycles. The summed E-state index contributed by atoms with van der Waals surface area (Å²) in [4.78, 5) is 14.6. The molecule has 106 valence electrons. The van der Waals surface area contributed by atoms with Gasteiger partial charge in [0.15, 0.2) is 0 Å². The number of nitrogens with one attached hydrogen (secondary N) is 1. The molecule has 1 atom stereocenters. The van der Waals surface area contributed by atoms with E-state index >= 15 is 0 Å². The van der Waals surface area contributed by atoms with Crippen LogP contribution in [-0.4, -0.2) is 43.6 Å². The summed E-state index contributed by atoms with van der Waals surface area (Å²) in [6.07, 6.45) is 4.13. The zero-order valence-electron chi connectivity index (χ0n) is 11.8. The molecule has 0 aromatic heterocycles. The first-order valence-electron chi connectivity index (χ1n) is 7.17. The summed E-state index contributed by atoms with van der Waals surface area (Å²) in [6.45, 7) is 2.08. The lowest BCUT2D eigenvalue weighted by atomic mass is 10.1. The molecule has 4 heteroatoms. The minimum atomic E-state index is 0.122. The van der Waals surface area contributed by atoms with Crippen molar-refractivity contribution in [2.24, 2.45) is 0 Å². The topological polar surface area (TPSA) is 41.6 Å². The van der Waals surface area contributed by atoms with E-state index in [0.717, 1.165) is 42.8 Å². The number of rotatable bonds is 3. The second-order valence-electron chi connectivity index (χ2n) is 5.35. The Labute approximate surface area is 119 Å². The summed E-state index contributed by atoms with van der Waals surface area (Å²) in [7, 11) is 1.93. The third-order valence-electron chi connectivity index (χ3n) is 3.98. The maximum absolute atomic E-state index is 12.6. The number of hydrogen-bond acceptors (Lipinski definition) is 3. The maximum atomic E-state index is 12.6. The van der Waals surface area contributed by atoms with Gasteiger partial charge in [0.05, 0.1) is 5.57 Å². The van der Waals surface area contributed by atoms with E-state index in [2.05, 4.69) is 5.32 Å². The highest BCUT2D eigenvalue weighted by Crippen LogP contribution is 2.28. The molecule has 1 aromatic carbocycles. The molecule has 4 nitrogen and oxygen atoms in total. The molecule has 0 bridgehead atoms. The molecule has 1 unspecified atom stereocenters. The van der Waals surface area contributed by atoms with E-state index in [9.17, 15) is 4.79 Å². The molecule has 1 fully saturated rings. The number of carbonyl (C=O) groups is 1. The van der Waals surface area contributed by atoms with Gasteiger partial charge in [0.25, 0.3) is 5.91 Å². The van der Waals surface area contributed by atoms with Gasteiger partial charge in [-0.2, -0.15) is 0 Å². The average molecular weight is 272 g/mol. The van der Waals surface area contributed by atoms with Crippen molar-refractivity contribution in [2.45, 2.75) is 18.9 Å². The predicted molar refractivity (Wildman–Crippen MR) is 78.6 cm³/mol. The molecular formula is C16H20N2O2. The molecule has 0 saturated carbocycles. The van der Waals surface area contributed by atoms with Crippen molar-refractivity contribution >= 4 is 12.0 Å². The van der Waals surface area contributed by atoms with E-state index < -0.39 is 0 Å². The van der Waals surface area contributed by atoms with Crippen LogP contribution in [0, 0.1) is 0 Å². The molecular weight excluding hydrogens is 252 g/mol. The number of carbonyl (C=O) groups excluding carboxylic acids is 1. The summed E-state index contributed by atoms with van der Waals surface area (Å²) in [5, 5.41) is 3.17. The van der Waals surface area contributed by atoms with Gasteiger partial charge in [-0.15, -0.1) is 0 Å². The first-order valence-corrected chi connectivity index (χ1v) is 7.17. The highest BCUT2D eigenvalue weighted by Gasteiger charge is 2.31. The minimum Gasteiger partial charge on any atom is -0.488 e. The third kappa shape index (κ3) is 2.43. The number of para-hydroxylation sites is 1. The lowest BCUT2D eigenvalue weighted by Crippen LogP contribution is -2.42. The van der Waals surface area contributed by atoms with Crippen LogP contribution in [-0.2, 0) is 4.79 Å². The Morgan fingerprint density at radius 1 is 1.45 bits per heavy atom. The van der Waals surface area contributed by atoms with Gasteiger partial charge < -0.3 is 15.0 Å². The molecule has 0 aliphatic carbocycles. The van der Waals surface area contributed by atoms with Crippen molar-refractivity contribution in [1.29, 1.82) is 0 Å². The van der Waals surface area contributed by atoms with Crippen molar-refractivity contribution < 1.29 is 9.53 Å². The summed E-state index contributed by atoms with van der Waals surface area (Å²) < 4.78 is 5.68. The highest BCUT2D eigenvalue weighted by molar-refractivity contribution is 5.99. The fourth-order valence-electron chi connectivity index (χ4n) is 2.97. The molecule has 3 rings (SSSR count). The fourth-order valence-corrected chi connectivity index (χ4v) is 2.97. The first kappa shape index (κ1) is 13.2. The lowest BCUT2D eigenvalue weighted by Gasteiger charge is -2.27. The van der Waals surface area contributed by atoms with Crippen LogP contribution < -0.4 is 10.1 Å². The van der Waals surface area contributed by atoms with Crippen molar-refractivity contribution in [1.82, 2.24) is 10.2 Å². The number of hydrogen-bond donors (Lipinski definition) is 1. The molecule has 1 amide bonds. The quantitative estimate of drug-likeness (QED) is 0.910. The van der Waals surface area contributed by atoms with Crippen LogP contribution >= 0.6 is 0 Å². The number of amides is 1. The SMILES string of the molecule is CNCC1CCCN1C(=O)C1=Cc2ccccc2OC1. The minimum absolute atomic E-state index is 0.122. The summed E-state index contributed by atoms with van der Waals surface area (Å²) >= 11 is 0. The Morgan fingerprint density at radius 2 is 2.30 bits per heavy atom. The Bertz CT molecular complexity index is 539. The van der Waals surface area contributed by atoms with Gasteiger partial charge in [-0.1, -0.05) is 18.2 Å². The molecule has 1 aromatic rings. The monoisotopic (exact) mass is 272 g/mol. The normalized spacial score (nSPS) is 21.1. The van der Waals surface area contributed by atoms with Crippen molar-refractivity contribution in [3.05, 3.63) is 35.4 Å². The summed E-state index contributed by atoms with van der Waals surface area (Å²) in [5.74, 6) is 0.981. The Morgan fingerprint density at radius 3 is 3.15 bits per heavy atom. The number of benzene rings is 1. The number of nitrogens with zero attached hydrogens (tertiary/aromatic N) is 1. The van der Waals surface area contributed by atoms with E-state index in [0.29, 0.717) is 12.6 Å². The van der Waals surface area contributed by atoms with Gasteiger partial charge in [-0.05, 0) is 32.0 Å². The van der Waals surface area contributed by atoms with E-state index in [1.54, 1.807) is 0 Å². The first-order chi connectivity index (χ1) is 9.79. The van der Waals surface area contributed by atoms with Crippen LogP contribution in [0.2, 0.25) is 0 Å². The molecule has 1 N–H and O–H groups in total. The highest BCUT2D eigenvalue weighted by atomic mass is 16.5. The van der Waals surface area contributed by atoms with Crippen LogP contribution in [0.25, 0.3) is 6.08 Å². The second-order valence-corrected chi connectivity index (χ2v) is 5.35. The molecule has 2 aliphatic rings. The zero-order chi connectivity index (χ0) is 13.9. The van der Waals surface area contributed by atoms with Gasteiger partial charge >= 0.3 is 0 Å². The van der Waals surface area contributed by atoms with Crippen LogP contribution in [0.5, 0.6) is 5.75 Å². The Hall–Kier alpha value is -1.81. The smallest absolute Gasteiger partial charge is 0.253 e. The van der Waals surface area contributed by atoms with Crippen LogP contribution in [0.15, 0.2) is 29.8 Å². The summed E-state index contributed by atoms with van der Waals surface area (Å²) in [5.41, 5.74) is 1.75.